The maximum atomic E-state index is 12.9. The third-order valence-corrected chi connectivity index (χ3v) is 6.50. The summed E-state index contributed by atoms with van der Waals surface area (Å²) in [5.41, 5.74) is 3.27. The molecule has 3 aromatic rings. The number of fused-ring (bicyclic) bond motifs is 1. The van der Waals surface area contributed by atoms with Gasteiger partial charge in [0, 0.05) is 17.4 Å². The van der Waals surface area contributed by atoms with Gasteiger partial charge in [0.1, 0.15) is 0 Å². The monoisotopic (exact) mass is 396 g/mol. The Bertz CT molecular complexity index is 928. The van der Waals surface area contributed by atoms with Crippen LogP contribution in [0.5, 0.6) is 0 Å². The molecule has 0 spiro atoms. The van der Waals surface area contributed by atoms with E-state index in [1.165, 1.54) is 28.7 Å². The van der Waals surface area contributed by atoms with Gasteiger partial charge in [0.05, 0.1) is 5.75 Å². The summed E-state index contributed by atoms with van der Waals surface area (Å²) >= 11 is 2.91. The molecular weight excluding hydrogens is 376 g/mol. The van der Waals surface area contributed by atoms with Gasteiger partial charge in [-0.3, -0.25) is 4.79 Å². The number of benzene rings is 2. The zero-order chi connectivity index (χ0) is 18.6. The molecule has 0 fully saturated rings. The lowest BCUT2D eigenvalue weighted by Crippen LogP contribution is -2.43. The van der Waals surface area contributed by atoms with Gasteiger partial charge in [-0.15, -0.1) is 10.2 Å². The molecule has 7 heteroatoms. The first-order valence-electron chi connectivity index (χ1n) is 8.89. The maximum Gasteiger partial charge on any atom is 0.237 e. The SMILES string of the molecule is CC1CCc2ccccc2N1C(=O)CSc1nnc(Nc2ccccc2)s1. The zero-order valence-corrected chi connectivity index (χ0v) is 16.6. The van der Waals surface area contributed by atoms with E-state index in [2.05, 4.69) is 28.5 Å². The molecule has 5 nitrogen and oxygen atoms in total. The summed E-state index contributed by atoms with van der Waals surface area (Å²) in [6.07, 6.45) is 2.02. The smallest absolute Gasteiger partial charge is 0.237 e. The Kier molecular flexibility index (Phi) is 5.40. The van der Waals surface area contributed by atoms with Crippen molar-refractivity contribution in [1.29, 1.82) is 0 Å². The van der Waals surface area contributed by atoms with Crippen molar-refractivity contribution >= 4 is 45.5 Å². The van der Waals surface area contributed by atoms with Gasteiger partial charge in [0.2, 0.25) is 11.0 Å². The average molecular weight is 397 g/mol. The average Bonchev–Trinajstić information content (AvgIpc) is 3.14. The third kappa shape index (κ3) is 4.14. The number of nitrogens with one attached hydrogen (secondary N) is 1. The fraction of sp³-hybridized carbons (Fsp3) is 0.250. The Labute approximate surface area is 166 Å². The lowest BCUT2D eigenvalue weighted by molar-refractivity contribution is -0.116. The van der Waals surface area contributed by atoms with Crippen LogP contribution in [0.4, 0.5) is 16.5 Å². The second-order valence-corrected chi connectivity index (χ2v) is 8.63. The summed E-state index contributed by atoms with van der Waals surface area (Å²) in [4.78, 5) is 14.8. The van der Waals surface area contributed by atoms with Crippen molar-refractivity contribution < 1.29 is 4.79 Å². The predicted octanol–water partition coefficient (Wildman–Crippen LogP) is 4.74. The van der Waals surface area contributed by atoms with E-state index >= 15 is 0 Å². The van der Waals surface area contributed by atoms with E-state index in [4.69, 9.17) is 0 Å². The van der Waals surface area contributed by atoms with Gasteiger partial charge in [-0.25, -0.2) is 0 Å². The molecule has 0 saturated carbocycles. The lowest BCUT2D eigenvalue weighted by Gasteiger charge is -2.35. The van der Waals surface area contributed by atoms with Crippen LogP contribution in [0.2, 0.25) is 0 Å². The quantitative estimate of drug-likeness (QED) is 0.631. The van der Waals surface area contributed by atoms with E-state index in [1.807, 2.05) is 53.4 Å². The molecule has 0 radical (unpaired) electrons. The number of carbonyl (C=O) groups excluding carboxylic acids is 1. The minimum atomic E-state index is 0.118. The van der Waals surface area contributed by atoms with Crippen molar-refractivity contribution in [2.24, 2.45) is 0 Å². The van der Waals surface area contributed by atoms with Gasteiger partial charge in [-0.2, -0.15) is 0 Å². The van der Waals surface area contributed by atoms with E-state index in [0.717, 1.165) is 33.7 Å². The van der Waals surface area contributed by atoms with Gasteiger partial charge in [0.15, 0.2) is 4.34 Å². The third-order valence-electron chi connectivity index (χ3n) is 4.54. The molecular formula is C20H20N4OS2. The summed E-state index contributed by atoms with van der Waals surface area (Å²) in [6, 6.07) is 18.3. The largest absolute Gasteiger partial charge is 0.330 e. The van der Waals surface area contributed by atoms with Crippen molar-refractivity contribution in [3.8, 4) is 0 Å². The number of rotatable bonds is 5. The number of carbonyl (C=O) groups is 1. The predicted molar refractivity (Wildman–Crippen MR) is 112 cm³/mol. The molecule has 1 atom stereocenters. The molecule has 2 aromatic carbocycles. The Morgan fingerprint density at radius 2 is 1.96 bits per heavy atom. The number of aromatic nitrogens is 2. The van der Waals surface area contributed by atoms with E-state index in [9.17, 15) is 4.79 Å². The first-order chi connectivity index (χ1) is 13.2. The summed E-state index contributed by atoms with van der Waals surface area (Å²) in [5.74, 6) is 0.478. The van der Waals surface area contributed by atoms with Crippen LogP contribution in [-0.4, -0.2) is 27.9 Å². The zero-order valence-electron chi connectivity index (χ0n) is 15.0. The lowest BCUT2D eigenvalue weighted by atomic mass is 9.97. The Hall–Kier alpha value is -2.38. The molecule has 2 heterocycles. The highest BCUT2D eigenvalue weighted by Gasteiger charge is 2.28. The van der Waals surface area contributed by atoms with Crippen molar-refractivity contribution in [1.82, 2.24) is 10.2 Å². The molecule has 0 aliphatic carbocycles. The molecule has 27 heavy (non-hydrogen) atoms. The second kappa shape index (κ2) is 8.10. The maximum absolute atomic E-state index is 12.9. The van der Waals surface area contributed by atoms with Crippen molar-refractivity contribution in [3.63, 3.8) is 0 Å². The van der Waals surface area contributed by atoms with E-state index < -0.39 is 0 Å². The van der Waals surface area contributed by atoms with Crippen molar-refractivity contribution in [3.05, 3.63) is 60.2 Å². The summed E-state index contributed by atoms with van der Waals surface area (Å²) in [5, 5.41) is 12.3. The Balaban J connectivity index is 1.40. The van der Waals surface area contributed by atoms with Crippen molar-refractivity contribution in [2.75, 3.05) is 16.0 Å². The molecule has 138 valence electrons. The number of hydrogen-bond acceptors (Lipinski definition) is 6. The number of nitrogens with zero attached hydrogens (tertiary/aromatic N) is 3. The van der Waals surface area contributed by atoms with Crippen LogP contribution in [0.15, 0.2) is 58.9 Å². The molecule has 0 bridgehead atoms. The summed E-state index contributed by atoms with van der Waals surface area (Å²) in [7, 11) is 0. The normalized spacial score (nSPS) is 16.0. The first kappa shape index (κ1) is 18.0. The fourth-order valence-electron chi connectivity index (χ4n) is 3.22. The highest BCUT2D eigenvalue weighted by Crippen LogP contribution is 2.32. The van der Waals surface area contributed by atoms with Crippen LogP contribution in [0, 0.1) is 0 Å². The number of anilines is 3. The molecule has 1 aromatic heterocycles. The standard InChI is InChI=1S/C20H20N4OS2/c1-14-11-12-15-7-5-6-10-17(15)24(14)18(25)13-26-20-23-22-19(27-20)21-16-8-3-2-4-9-16/h2-10,14H,11-13H2,1H3,(H,21,22). The number of hydrogen-bond donors (Lipinski definition) is 1. The molecule has 1 N–H and O–H groups in total. The molecule has 1 aliphatic heterocycles. The van der Waals surface area contributed by atoms with Crippen LogP contribution in [0.1, 0.15) is 18.9 Å². The van der Waals surface area contributed by atoms with E-state index in [-0.39, 0.29) is 11.9 Å². The van der Waals surface area contributed by atoms with Crippen LogP contribution < -0.4 is 10.2 Å². The highest BCUT2D eigenvalue weighted by molar-refractivity contribution is 8.01. The number of thioether (sulfide) groups is 1. The summed E-state index contributed by atoms with van der Waals surface area (Å²) < 4.78 is 0.791. The Morgan fingerprint density at radius 1 is 1.19 bits per heavy atom. The number of amides is 1. The highest BCUT2D eigenvalue weighted by atomic mass is 32.2. The van der Waals surface area contributed by atoms with Gasteiger partial charge in [0.25, 0.3) is 0 Å². The topological polar surface area (TPSA) is 58.1 Å². The Morgan fingerprint density at radius 3 is 2.81 bits per heavy atom. The van der Waals surface area contributed by atoms with Crippen LogP contribution in [-0.2, 0) is 11.2 Å². The van der Waals surface area contributed by atoms with Gasteiger partial charge in [-0.05, 0) is 43.5 Å². The van der Waals surface area contributed by atoms with Crippen LogP contribution in [0.25, 0.3) is 0 Å². The van der Waals surface area contributed by atoms with Crippen molar-refractivity contribution in [2.45, 2.75) is 30.1 Å². The number of para-hydroxylation sites is 2. The minimum Gasteiger partial charge on any atom is -0.330 e. The molecule has 1 amide bonds. The fourth-order valence-corrected chi connectivity index (χ4v) is 4.86. The van der Waals surface area contributed by atoms with Crippen LogP contribution >= 0.6 is 23.1 Å². The van der Waals surface area contributed by atoms with Gasteiger partial charge >= 0.3 is 0 Å². The molecule has 1 unspecified atom stereocenters. The molecule has 1 aliphatic rings. The summed E-state index contributed by atoms with van der Waals surface area (Å²) in [6.45, 7) is 2.12. The molecule has 0 saturated heterocycles. The van der Waals surface area contributed by atoms with E-state index in [1.54, 1.807) is 0 Å². The second-order valence-electron chi connectivity index (χ2n) is 6.43. The van der Waals surface area contributed by atoms with E-state index in [0.29, 0.717) is 5.75 Å². The minimum absolute atomic E-state index is 0.118. The number of aryl methyl sites for hydroxylation is 1. The van der Waals surface area contributed by atoms with Crippen LogP contribution in [0.3, 0.4) is 0 Å². The van der Waals surface area contributed by atoms with Gasteiger partial charge in [-0.1, -0.05) is 59.5 Å². The van der Waals surface area contributed by atoms with Gasteiger partial charge < -0.3 is 10.2 Å². The first-order valence-corrected chi connectivity index (χ1v) is 10.7. The molecule has 4 rings (SSSR count).